The zero-order chi connectivity index (χ0) is 20.2. The molecule has 6 nitrogen and oxygen atoms in total. The lowest BCUT2D eigenvalue weighted by Gasteiger charge is -2.28. The van der Waals surface area contributed by atoms with Crippen molar-refractivity contribution in [3.05, 3.63) is 52.5 Å². The number of halogens is 2. The second-order valence-electron chi connectivity index (χ2n) is 5.81. The zero-order valence-electron chi connectivity index (χ0n) is 15.1. The van der Waals surface area contributed by atoms with Crippen LogP contribution >= 0.6 is 23.2 Å². The fraction of sp³-hybridized carbons (Fsp3) is 0.278. The maximum atomic E-state index is 12.6. The van der Waals surface area contributed by atoms with Gasteiger partial charge in [-0.1, -0.05) is 23.2 Å². The summed E-state index contributed by atoms with van der Waals surface area (Å²) in [6.45, 7) is 3.85. The van der Waals surface area contributed by atoms with E-state index in [9.17, 15) is 13.2 Å². The number of anilines is 2. The van der Waals surface area contributed by atoms with Gasteiger partial charge in [-0.25, -0.2) is 8.42 Å². The fourth-order valence-corrected chi connectivity index (χ4v) is 4.24. The molecular weight excluding hydrogens is 411 g/mol. The molecule has 27 heavy (non-hydrogen) atoms. The first-order valence-corrected chi connectivity index (χ1v) is 10.7. The van der Waals surface area contributed by atoms with Gasteiger partial charge in [0.25, 0.3) is 0 Å². The van der Waals surface area contributed by atoms with Gasteiger partial charge in [0, 0.05) is 15.7 Å². The number of sulfonamides is 1. The molecule has 9 heteroatoms. The van der Waals surface area contributed by atoms with Gasteiger partial charge in [-0.3, -0.25) is 9.10 Å². The third kappa shape index (κ3) is 5.76. The number of carbonyl (C=O) groups is 1. The maximum absolute atomic E-state index is 12.6. The van der Waals surface area contributed by atoms with Crippen molar-refractivity contribution < 1.29 is 17.9 Å². The molecule has 0 saturated heterocycles. The Morgan fingerprint density at radius 1 is 1.15 bits per heavy atom. The van der Waals surface area contributed by atoms with E-state index < -0.39 is 22.0 Å². The zero-order valence-corrected chi connectivity index (χ0v) is 17.4. The monoisotopic (exact) mass is 430 g/mol. The molecule has 0 spiro atoms. The number of nitrogens with zero attached hydrogens (tertiary/aromatic N) is 1. The standard InChI is InChI=1S/C18H20Cl2N2O4S/c1-4-26-17-7-5-16(6-8-17)22(27(3,24)25)12(2)18(23)21-15-10-13(19)9-14(20)11-15/h5-12H,4H2,1-3H3,(H,21,23). The highest BCUT2D eigenvalue weighted by Gasteiger charge is 2.29. The topological polar surface area (TPSA) is 75.7 Å². The minimum atomic E-state index is -3.72. The van der Waals surface area contributed by atoms with E-state index in [4.69, 9.17) is 27.9 Å². The first-order chi connectivity index (χ1) is 12.6. The molecule has 1 N–H and O–H groups in total. The van der Waals surface area contributed by atoms with Crippen LogP contribution < -0.4 is 14.4 Å². The average Bonchev–Trinajstić information content (AvgIpc) is 2.54. The molecule has 2 rings (SSSR count). The van der Waals surface area contributed by atoms with Crippen molar-refractivity contribution in [2.24, 2.45) is 0 Å². The van der Waals surface area contributed by atoms with E-state index in [0.29, 0.717) is 33.8 Å². The number of carbonyl (C=O) groups excluding carboxylic acids is 1. The molecule has 1 atom stereocenters. The van der Waals surface area contributed by atoms with E-state index in [2.05, 4.69) is 5.32 Å². The molecule has 146 valence electrons. The van der Waals surface area contributed by atoms with Crippen LogP contribution in [0.2, 0.25) is 10.0 Å². The van der Waals surface area contributed by atoms with E-state index in [1.807, 2.05) is 6.92 Å². The maximum Gasteiger partial charge on any atom is 0.247 e. The molecule has 1 amide bonds. The molecule has 0 aliphatic rings. The molecule has 2 aromatic carbocycles. The number of ether oxygens (including phenoxy) is 1. The number of benzene rings is 2. The van der Waals surface area contributed by atoms with Gasteiger partial charge in [-0.15, -0.1) is 0 Å². The smallest absolute Gasteiger partial charge is 0.247 e. The predicted octanol–water partition coefficient (Wildman–Crippen LogP) is 4.19. The molecule has 0 aliphatic carbocycles. The van der Waals surface area contributed by atoms with Crippen LogP contribution in [0.3, 0.4) is 0 Å². The van der Waals surface area contributed by atoms with Gasteiger partial charge in [0.2, 0.25) is 15.9 Å². The van der Waals surface area contributed by atoms with Crippen LogP contribution in [0, 0.1) is 0 Å². The summed E-state index contributed by atoms with van der Waals surface area (Å²) in [6, 6.07) is 10.1. The normalized spacial score (nSPS) is 12.3. The molecular formula is C18H20Cl2N2O4S. The highest BCUT2D eigenvalue weighted by Crippen LogP contribution is 2.26. The quantitative estimate of drug-likeness (QED) is 0.714. The van der Waals surface area contributed by atoms with E-state index in [1.54, 1.807) is 24.3 Å². The van der Waals surface area contributed by atoms with Crippen molar-refractivity contribution in [1.82, 2.24) is 0 Å². The lowest BCUT2D eigenvalue weighted by Crippen LogP contribution is -2.45. The molecule has 1 unspecified atom stereocenters. The van der Waals surface area contributed by atoms with Crippen molar-refractivity contribution in [2.45, 2.75) is 19.9 Å². The van der Waals surface area contributed by atoms with Crippen LogP contribution in [0.5, 0.6) is 5.75 Å². The molecule has 2 aromatic rings. The predicted molar refractivity (Wildman–Crippen MR) is 109 cm³/mol. The Morgan fingerprint density at radius 2 is 1.70 bits per heavy atom. The molecule has 0 aromatic heterocycles. The Morgan fingerprint density at radius 3 is 2.19 bits per heavy atom. The number of hydrogen-bond acceptors (Lipinski definition) is 4. The Hall–Kier alpha value is -1.96. The van der Waals surface area contributed by atoms with Gasteiger partial charge in [0.1, 0.15) is 11.8 Å². The number of amides is 1. The summed E-state index contributed by atoms with van der Waals surface area (Å²) in [5.41, 5.74) is 0.734. The van der Waals surface area contributed by atoms with Crippen LogP contribution in [0.4, 0.5) is 11.4 Å². The highest BCUT2D eigenvalue weighted by atomic mass is 35.5. The second kappa shape index (κ2) is 8.82. The van der Waals surface area contributed by atoms with Crippen LogP contribution in [-0.4, -0.2) is 33.2 Å². The lowest BCUT2D eigenvalue weighted by atomic mass is 10.2. The molecule has 0 saturated carbocycles. The third-order valence-electron chi connectivity index (χ3n) is 3.62. The van der Waals surface area contributed by atoms with Crippen molar-refractivity contribution in [3.8, 4) is 5.75 Å². The van der Waals surface area contributed by atoms with Crippen molar-refractivity contribution in [3.63, 3.8) is 0 Å². The summed E-state index contributed by atoms with van der Waals surface area (Å²) in [5, 5.41) is 3.36. The Kier molecular flexibility index (Phi) is 6.97. The van der Waals surface area contributed by atoms with Crippen LogP contribution in [0.1, 0.15) is 13.8 Å². The first kappa shape index (κ1) is 21.3. The minimum Gasteiger partial charge on any atom is -0.494 e. The summed E-state index contributed by atoms with van der Waals surface area (Å²) in [5.74, 6) is 0.0908. The van der Waals surface area contributed by atoms with E-state index >= 15 is 0 Å². The summed E-state index contributed by atoms with van der Waals surface area (Å²) >= 11 is 11.9. The van der Waals surface area contributed by atoms with Gasteiger partial charge < -0.3 is 10.1 Å². The van der Waals surface area contributed by atoms with Gasteiger partial charge in [-0.05, 0) is 56.3 Å². The van der Waals surface area contributed by atoms with Crippen molar-refractivity contribution in [1.29, 1.82) is 0 Å². The van der Waals surface area contributed by atoms with Crippen LogP contribution in [0.25, 0.3) is 0 Å². The van der Waals surface area contributed by atoms with Crippen molar-refractivity contribution >= 4 is 50.5 Å². The van der Waals surface area contributed by atoms with E-state index in [1.165, 1.54) is 25.1 Å². The summed E-state index contributed by atoms with van der Waals surface area (Å²) < 4.78 is 31.1. The minimum absolute atomic E-state index is 0.354. The first-order valence-electron chi connectivity index (χ1n) is 8.11. The number of rotatable bonds is 7. The van der Waals surface area contributed by atoms with E-state index in [0.717, 1.165) is 10.6 Å². The van der Waals surface area contributed by atoms with Crippen LogP contribution in [-0.2, 0) is 14.8 Å². The molecule has 0 aliphatic heterocycles. The fourth-order valence-electron chi connectivity index (χ4n) is 2.54. The SMILES string of the molecule is CCOc1ccc(N(C(C)C(=O)Nc2cc(Cl)cc(Cl)c2)S(C)(=O)=O)cc1. The molecule has 0 radical (unpaired) electrons. The number of hydrogen-bond donors (Lipinski definition) is 1. The van der Waals surface area contributed by atoms with Gasteiger partial charge >= 0.3 is 0 Å². The van der Waals surface area contributed by atoms with E-state index in [-0.39, 0.29) is 0 Å². The Bertz CT molecular complexity index is 897. The third-order valence-corrected chi connectivity index (χ3v) is 5.30. The Labute approximate surface area is 169 Å². The van der Waals surface area contributed by atoms with Crippen molar-refractivity contribution in [2.75, 3.05) is 22.5 Å². The lowest BCUT2D eigenvalue weighted by molar-refractivity contribution is -0.116. The summed E-state index contributed by atoms with van der Waals surface area (Å²) in [6.07, 6.45) is 1.05. The average molecular weight is 431 g/mol. The highest BCUT2D eigenvalue weighted by molar-refractivity contribution is 7.92. The summed E-state index contributed by atoms with van der Waals surface area (Å²) in [7, 11) is -3.72. The molecule has 0 heterocycles. The van der Waals surface area contributed by atoms with Gasteiger partial charge in [-0.2, -0.15) is 0 Å². The van der Waals surface area contributed by atoms with Gasteiger partial charge in [0.05, 0.1) is 18.6 Å². The molecule has 0 bridgehead atoms. The Balaban J connectivity index is 2.28. The largest absolute Gasteiger partial charge is 0.494 e. The van der Waals surface area contributed by atoms with Gasteiger partial charge in [0.15, 0.2) is 0 Å². The van der Waals surface area contributed by atoms with Crippen LogP contribution in [0.15, 0.2) is 42.5 Å². The molecule has 0 fully saturated rings. The summed E-state index contributed by atoms with van der Waals surface area (Å²) in [4.78, 5) is 12.6. The number of nitrogens with one attached hydrogen (secondary N) is 1. The second-order valence-corrected chi connectivity index (χ2v) is 8.54.